The lowest BCUT2D eigenvalue weighted by molar-refractivity contribution is 0.236. The smallest absolute Gasteiger partial charge is 0.222 e. The van der Waals surface area contributed by atoms with Crippen LogP contribution in [0.25, 0.3) is 0 Å². The molecule has 0 N–H and O–H groups in total. The van der Waals surface area contributed by atoms with E-state index >= 15 is 0 Å². The van der Waals surface area contributed by atoms with E-state index in [1.165, 1.54) is 11.1 Å². The lowest BCUT2D eigenvalue weighted by Crippen LogP contribution is -2.05. The minimum atomic E-state index is 0.440. The molecule has 0 spiro atoms. The van der Waals surface area contributed by atoms with Crippen molar-refractivity contribution in [3.05, 3.63) is 106 Å². The largest absolute Gasteiger partial charge is 0.496 e. The SMILES string of the molecule is Cc1cccc(OC(C=COCc2ccc(Cl)cc2)=Nc2ccc(C)c(C)c2)c1. The monoisotopic (exact) mass is 405 g/mol. The first-order chi connectivity index (χ1) is 14.0. The van der Waals surface area contributed by atoms with Crippen LogP contribution in [-0.2, 0) is 11.3 Å². The predicted molar refractivity (Wildman–Crippen MR) is 120 cm³/mol. The molecule has 4 heteroatoms. The third-order valence-electron chi connectivity index (χ3n) is 4.41. The van der Waals surface area contributed by atoms with Gasteiger partial charge in [-0.05, 0) is 79.4 Å². The Hall–Kier alpha value is -3.04. The van der Waals surface area contributed by atoms with Crippen LogP contribution in [0.5, 0.6) is 5.75 Å². The molecule has 3 rings (SSSR count). The minimum absolute atomic E-state index is 0.440. The van der Waals surface area contributed by atoms with E-state index < -0.39 is 0 Å². The van der Waals surface area contributed by atoms with Gasteiger partial charge in [0.1, 0.15) is 12.4 Å². The summed E-state index contributed by atoms with van der Waals surface area (Å²) in [5.74, 6) is 1.19. The van der Waals surface area contributed by atoms with Crippen molar-refractivity contribution in [1.82, 2.24) is 0 Å². The average molecular weight is 406 g/mol. The summed E-state index contributed by atoms with van der Waals surface area (Å²) >= 11 is 5.91. The van der Waals surface area contributed by atoms with Gasteiger partial charge in [0.15, 0.2) is 0 Å². The quantitative estimate of drug-likeness (QED) is 0.248. The van der Waals surface area contributed by atoms with Gasteiger partial charge in [-0.3, -0.25) is 0 Å². The molecular formula is C25H24ClNO2. The Kier molecular flexibility index (Phi) is 7.09. The van der Waals surface area contributed by atoms with Crippen LogP contribution >= 0.6 is 11.6 Å². The topological polar surface area (TPSA) is 30.8 Å². The van der Waals surface area contributed by atoms with Crippen LogP contribution < -0.4 is 4.74 Å². The van der Waals surface area contributed by atoms with Crippen molar-refractivity contribution >= 4 is 23.2 Å². The third kappa shape index (κ3) is 6.51. The maximum absolute atomic E-state index is 6.00. The number of aliphatic imine (C=N–C) groups is 1. The summed E-state index contributed by atoms with van der Waals surface area (Å²) in [5.41, 5.74) is 5.40. The van der Waals surface area contributed by atoms with Gasteiger partial charge in [0.2, 0.25) is 5.90 Å². The van der Waals surface area contributed by atoms with Gasteiger partial charge in [-0.25, -0.2) is 4.99 Å². The van der Waals surface area contributed by atoms with Gasteiger partial charge in [-0.15, -0.1) is 0 Å². The number of aryl methyl sites for hydroxylation is 3. The van der Waals surface area contributed by atoms with E-state index in [9.17, 15) is 0 Å². The number of hydrogen-bond donors (Lipinski definition) is 0. The molecule has 0 heterocycles. The number of nitrogens with zero attached hydrogens (tertiary/aromatic N) is 1. The predicted octanol–water partition coefficient (Wildman–Crippen LogP) is 7.10. The maximum Gasteiger partial charge on any atom is 0.222 e. The van der Waals surface area contributed by atoms with E-state index in [2.05, 4.69) is 24.9 Å². The summed E-state index contributed by atoms with van der Waals surface area (Å²) in [6.07, 6.45) is 3.33. The van der Waals surface area contributed by atoms with Crippen LogP contribution in [0.2, 0.25) is 5.02 Å². The summed E-state index contributed by atoms with van der Waals surface area (Å²) in [7, 11) is 0. The fraction of sp³-hybridized carbons (Fsp3) is 0.160. The van der Waals surface area contributed by atoms with Gasteiger partial charge < -0.3 is 9.47 Å². The number of hydrogen-bond acceptors (Lipinski definition) is 3. The standard InChI is InChI=1S/C25H24ClNO2/c1-18-5-4-6-24(15-18)29-25(27-23-12-7-19(2)20(3)16-23)13-14-28-17-21-8-10-22(26)11-9-21/h4-16H,17H2,1-3H3. The Labute approximate surface area is 177 Å². The Morgan fingerprint density at radius 3 is 2.45 bits per heavy atom. The molecular weight excluding hydrogens is 382 g/mol. The molecule has 0 atom stereocenters. The van der Waals surface area contributed by atoms with Gasteiger partial charge in [-0.2, -0.15) is 0 Å². The molecule has 0 aliphatic rings. The number of benzene rings is 3. The highest BCUT2D eigenvalue weighted by molar-refractivity contribution is 6.30. The molecule has 0 saturated carbocycles. The Morgan fingerprint density at radius 1 is 0.931 bits per heavy atom. The molecule has 0 aliphatic heterocycles. The highest BCUT2D eigenvalue weighted by atomic mass is 35.5. The summed E-state index contributed by atoms with van der Waals surface area (Å²) in [5, 5.41) is 0.707. The highest BCUT2D eigenvalue weighted by Gasteiger charge is 2.03. The van der Waals surface area contributed by atoms with Crippen molar-refractivity contribution in [1.29, 1.82) is 0 Å². The summed E-state index contributed by atoms with van der Waals surface area (Å²) < 4.78 is 11.7. The van der Waals surface area contributed by atoms with Crippen LogP contribution in [0.3, 0.4) is 0 Å². The Balaban J connectivity index is 1.76. The van der Waals surface area contributed by atoms with E-state index in [1.807, 2.05) is 67.6 Å². The molecule has 0 aromatic heterocycles. The van der Waals surface area contributed by atoms with Crippen molar-refractivity contribution in [2.75, 3.05) is 0 Å². The number of halogens is 1. The molecule has 148 valence electrons. The highest BCUT2D eigenvalue weighted by Crippen LogP contribution is 2.19. The molecule has 0 unspecified atom stereocenters. The zero-order valence-electron chi connectivity index (χ0n) is 16.9. The average Bonchev–Trinajstić information content (AvgIpc) is 2.69. The first-order valence-electron chi connectivity index (χ1n) is 9.43. The van der Waals surface area contributed by atoms with Crippen molar-refractivity contribution in [2.24, 2.45) is 4.99 Å². The van der Waals surface area contributed by atoms with Crippen molar-refractivity contribution < 1.29 is 9.47 Å². The van der Waals surface area contributed by atoms with Crippen molar-refractivity contribution in [3.8, 4) is 5.75 Å². The summed E-state index contributed by atoms with van der Waals surface area (Å²) in [4.78, 5) is 4.65. The fourth-order valence-electron chi connectivity index (χ4n) is 2.65. The third-order valence-corrected chi connectivity index (χ3v) is 4.66. The lowest BCUT2D eigenvalue weighted by Gasteiger charge is -2.08. The van der Waals surface area contributed by atoms with Crippen LogP contribution in [0, 0.1) is 20.8 Å². The second-order valence-corrected chi connectivity index (χ2v) is 7.31. The fourth-order valence-corrected chi connectivity index (χ4v) is 2.77. The molecule has 0 radical (unpaired) electrons. The Morgan fingerprint density at radius 2 is 1.72 bits per heavy atom. The second-order valence-electron chi connectivity index (χ2n) is 6.88. The number of rotatable bonds is 6. The maximum atomic E-state index is 6.00. The van der Waals surface area contributed by atoms with Gasteiger partial charge in [0.05, 0.1) is 11.9 Å². The van der Waals surface area contributed by atoms with Crippen LogP contribution in [0.4, 0.5) is 5.69 Å². The zero-order chi connectivity index (χ0) is 20.6. The van der Waals surface area contributed by atoms with Crippen molar-refractivity contribution in [2.45, 2.75) is 27.4 Å². The molecule has 0 amide bonds. The van der Waals surface area contributed by atoms with E-state index in [1.54, 1.807) is 12.3 Å². The van der Waals surface area contributed by atoms with Gasteiger partial charge in [0, 0.05) is 11.1 Å². The van der Waals surface area contributed by atoms with Crippen LogP contribution in [0.15, 0.2) is 84.1 Å². The van der Waals surface area contributed by atoms with Gasteiger partial charge >= 0.3 is 0 Å². The number of ether oxygens (including phenoxy) is 2. The van der Waals surface area contributed by atoms with E-state index in [0.717, 1.165) is 22.6 Å². The molecule has 0 bridgehead atoms. The first kappa shape index (κ1) is 20.7. The van der Waals surface area contributed by atoms with Gasteiger partial charge in [0.25, 0.3) is 0 Å². The first-order valence-corrected chi connectivity index (χ1v) is 9.80. The molecule has 29 heavy (non-hydrogen) atoms. The molecule has 0 saturated heterocycles. The molecule has 3 nitrogen and oxygen atoms in total. The minimum Gasteiger partial charge on any atom is -0.496 e. The molecule has 3 aromatic rings. The normalized spacial score (nSPS) is 11.7. The van der Waals surface area contributed by atoms with Crippen molar-refractivity contribution in [3.63, 3.8) is 0 Å². The second kappa shape index (κ2) is 9.94. The Bertz CT molecular complexity index is 1020. The van der Waals surface area contributed by atoms with Gasteiger partial charge in [-0.1, -0.05) is 41.9 Å². The molecule has 0 aliphatic carbocycles. The lowest BCUT2D eigenvalue weighted by atomic mass is 10.1. The zero-order valence-corrected chi connectivity index (χ0v) is 17.6. The molecule has 0 fully saturated rings. The summed E-state index contributed by atoms with van der Waals surface area (Å²) in [6.45, 7) is 6.62. The van der Waals surface area contributed by atoms with Crippen LogP contribution in [-0.4, -0.2) is 5.90 Å². The van der Waals surface area contributed by atoms with Crippen LogP contribution in [0.1, 0.15) is 22.3 Å². The van der Waals surface area contributed by atoms with E-state index in [4.69, 9.17) is 21.1 Å². The van der Waals surface area contributed by atoms with E-state index in [-0.39, 0.29) is 0 Å². The van der Waals surface area contributed by atoms with E-state index in [0.29, 0.717) is 17.5 Å². The molecule has 3 aromatic carbocycles. The summed E-state index contributed by atoms with van der Waals surface area (Å²) in [6, 6.07) is 21.5.